The van der Waals surface area contributed by atoms with Crippen molar-refractivity contribution in [3.63, 3.8) is 0 Å². The second-order valence-electron chi connectivity index (χ2n) is 7.47. The van der Waals surface area contributed by atoms with Gasteiger partial charge in [-0.3, -0.25) is 14.4 Å². The van der Waals surface area contributed by atoms with Gasteiger partial charge in [-0.1, -0.05) is 20.8 Å². The molecule has 1 fully saturated rings. The van der Waals surface area contributed by atoms with Gasteiger partial charge in [-0.15, -0.1) is 0 Å². The Hall–Kier alpha value is -2.18. The van der Waals surface area contributed by atoms with Crippen molar-refractivity contribution in [1.82, 2.24) is 14.9 Å². The lowest BCUT2D eigenvalue weighted by molar-refractivity contribution is -0.149. The predicted molar refractivity (Wildman–Crippen MR) is 93.6 cm³/mol. The van der Waals surface area contributed by atoms with E-state index >= 15 is 0 Å². The SMILES string of the molecule is CCOC(=O)C1CCCN(C(=O)c2c(C)nc(C(C)(C)C)[nH]c2=O)C1. The van der Waals surface area contributed by atoms with Gasteiger partial charge >= 0.3 is 5.97 Å². The molecule has 1 saturated heterocycles. The summed E-state index contributed by atoms with van der Waals surface area (Å²) in [5.74, 6) is -0.444. The third-order valence-corrected chi connectivity index (χ3v) is 4.35. The van der Waals surface area contributed by atoms with Gasteiger partial charge in [-0.25, -0.2) is 4.98 Å². The molecule has 2 heterocycles. The third kappa shape index (κ3) is 4.27. The molecule has 1 amide bonds. The monoisotopic (exact) mass is 349 g/mol. The van der Waals surface area contributed by atoms with E-state index < -0.39 is 5.56 Å². The van der Waals surface area contributed by atoms with Gasteiger partial charge in [0.1, 0.15) is 11.4 Å². The number of aryl methyl sites for hydroxylation is 1. The number of piperidine rings is 1. The van der Waals surface area contributed by atoms with Crippen molar-refractivity contribution in [2.75, 3.05) is 19.7 Å². The molecule has 0 aromatic carbocycles. The van der Waals surface area contributed by atoms with E-state index in [1.54, 1.807) is 18.7 Å². The van der Waals surface area contributed by atoms with Crippen LogP contribution in [0.1, 0.15) is 62.4 Å². The predicted octanol–water partition coefficient (Wildman–Crippen LogP) is 1.79. The van der Waals surface area contributed by atoms with Crippen molar-refractivity contribution in [2.45, 2.75) is 52.9 Å². The topological polar surface area (TPSA) is 92.4 Å². The van der Waals surface area contributed by atoms with Crippen molar-refractivity contribution in [3.05, 3.63) is 27.4 Å². The summed E-state index contributed by atoms with van der Waals surface area (Å²) in [5.41, 5.74) is -0.277. The molecule has 1 aliphatic heterocycles. The van der Waals surface area contributed by atoms with E-state index in [4.69, 9.17) is 4.74 Å². The Morgan fingerprint density at radius 3 is 2.60 bits per heavy atom. The molecule has 25 heavy (non-hydrogen) atoms. The first kappa shape index (κ1) is 19.1. The van der Waals surface area contributed by atoms with Crippen LogP contribution in [-0.2, 0) is 14.9 Å². The molecule has 138 valence electrons. The number of carbonyl (C=O) groups excluding carboxylic acids is 2. The molecule has 2 rings (SSSR count). The smallest absolute Gasteiger partial charge is 0.310 e. The van der Waals surface area contributed by atoms with Crippen LogP contribution in [0.5, 0.6) is 0 Å². The number of likely N-dealkylation sites (tertiary alicyclic amines) is 1. The summed E-state index contributed by atoms with van der Waals surface area (Å²) in [6.07, 6.45) is 1.40. The third-order valence-electron chi connectivity index (χ3n) is 4.35. The number of hydrogen-bond acceptors (Lipinski definition) is 5. The Labute approximate surface area is 147 Å². The second kappa shape index (κ2) is 7.37. The van der Waals surface area contributed by atoms with Crippen molar-refractivity contribution >= 4 is 11.9 Å². The van der Waals surface area contributed by atoms with E-state index in [9.17, 15) is 14.4 Å². The molecule has 1 N–H and O–H groups in total. The molecular weight excluding hydrogens is 322 g/mol. The van der Waals surface area contributed by atoms with E-state index in [1.165, 1.54) is 0 Å². The minimum atomic E-state index is -0.430. The summed E-state index contributed by atoms with van der Waals surface area (Å²) in [6, 6.07) is 0. The molecule has 1 unspecified atom stereocenters. The lowest BCUT2D eigenvalue weighted by Gasteiger charge is -2.31. The van der Waals surface area contributed by atoms with E-state index in [0.717, 1.165) is 0 Å². The highest BCUT2D eigenvalue weighted by molar-refractivity contribution is 5.95. The number of ether oxygens (including phenoxy) is 1. The van der Waals surface area contributed by atoms with Gasteiger partial charge in [0.15, 0.2) is 0 Å². The van der Waals surface area contributed by atoms with Gasteiger partial charge in [-0.2, -0.15) is 0 Å². The molecule has 1 aromatic rings. The Balaban J connectivity index is 2.26. The largest absolute Gasteiger partial charge is 0.466 e. The maximum atomic E-state index is 12.8. The molecule has 0 bridgehead atoms. The van der Waals surface area contributed by atoms with Crippen LogP contribution < -0.4 is 5.56 Å². The summed E-state index contributed by atoms with van der Waals surface area (Å²) in [5, 5.41) is 0. The maximum absolute atomic E-state index is 12.8. The fourth-order valence-electron chi connectivity index (χ4n) is 2.97. The Morgan fingerprint density at radius 1 is 1.36 bits per heavy atom. The normalized spacial score (nSPS) is 18.1. The fraction of sp³-hybridized carbons (Fsp3) is 0.667. The zero-order chi connectivity index (χ0) is 18.8. The summed E-state index contributed by atoms with van der Waals surface area (Å²) in [6.45, 7) is 10.4. The molecule has 0 aliphatic carbocycles. The highest BCUT2D eigenvalue weighted by Gasteiger charge is 2.32. The summed E-state index contributed by atoms with van der Waals surface area (Å²) >= 11 is 0. The first-order valence-corrected chi connectivity index (χ1v) is 8.72. The Bertz CT molecular complexity index is 718. The maximum Gasteiger partial charge on any atom is 0.310 e. The minimum Gasteiger partial charge on any atom is -0.466 e. The molecular formula is C18H27N3O4. The molecule has 7 nitrogen and oxygen atoms in total. The first-order chi connectivity index (χ1) is 11.6. The van der Waals surface area contributed by atoms with Crippen LogP contribution in [0, 0.1) is 12.8 Å². The molecule has 1 aromatic heterocycles. The second-order valence-corrected chi connectivity index (χ2v) is 7.47. The van der Waals surface area contributed by atoms with E-state index in [2.05, 4.69) is 9.97 Å². The number of nitrogens with zero attached hydrogens (tertiary/aromatic N) is 2. The van der Waals surface area contributed by atoms with Crippen LogP contribution in [0.4, 0.5) is 0 Å². The number of rotatable bonds is 3. The van der Waals surface area contributed by atoms with Gasteiger partial charge in [0.25, 0.3) is 11.5 Å². The zero-order valence-electron chi connectivity index (χ0n) is 15.6. The average Bonchev–Trinajstić information content (AvgIpc) is 2.53. The number of nitrogens with one attached hydrogen (secondary N) is 1. The molecule has 1 atom stereocenters. The highest BCUT2D eigenvalue weighted by Crippen LogP contribution is 2.21. The van der Waals surface area contributed by atoms with Gasteiger partial charge < -0.3 is 14.6 Å². The molecule has 0 saturated carbocycles. The van der Waals surface area contributed by atoms with Crippen molar-refractivity contribution < 1.29 is 14.3 Å². The van der Waals surface area contributed by atoms with Gasteiger partial charge in [0.05, 0.1) is 18.2 Å². The van der Waals surface area contributed by atoms with Crippen molar-refractivity contribution in [3.8, 4) is 0 Å². The lowest BCUT2D eigenvalue weighted by atomic mass is 9.95. The standard InChI is InChI=1S/C18H27N3O4/c1-6-25-16(24)12-8-7-9-21(10-12)15(23)13-11(2)19-17(18(3,4)5)20-14(13)22/h12H,6-10H2,1-5H3,(H,19,20,22). The number of H-pyrrole nitrogens is 1. The lowest BCUT2D eigenvalue weighted by Crippen LogP contribution is -2.45. The van der Waals surface area contributed by atoms with Crippen LogP contribution in [0.15, 0.2) is 4.79 Å². The van der Waals surface area contributed by atoms with E-state index in [1.807, 2.05) is 20.8 Å². The fourth-order valence-corrected chi connectivity index (χ4v) is 2.97. The van der Waals surface area contributed by atoms with Crippen molar-refractivity contribution in [2.24, 2.45) is 5.92 Å². The van der Waals surface area contributed by atoms with Gasteiger partial charge in [-0.05, 0) is 26.7 Å². The van der Waals surface area contributed by atoms with Gasteiger partial charge in [0.2, 0.25) is 0 Å². The highest BCUT2D eigenvalue weighted by atomic mass is 16.5. The molecule has 1 aliphatic rings. The van der Waals surface area contributed by atoms with Crippen LogP contribution in [0.3, 0.4) is 0 Å². The number of amides is 1. The van der Waals surface area contributed by atoms with Gasteiger partial charge in [0, 0.05) is 18.5 Å². The Kier molecular flexibility index (Phi) is 5.65. The van der Waals surface area contributed by atoms with Crippen LogP contribution in [-0.4, -0.2) is 46.4 Å². The number of hydrogen-bond donors (Lipinski definition) is 1. The van der Waals surface area contributed by atoms with E-state index in [-0.39, 0.29) is 35.3 Å². The van der Waals surface area contributed by atoms with Crippen LogP contribution in [0.25, 0.3) is 0 Å². The number of carbonyl (C=O) groups is 2. The number of esters is 1. The van der Waals surface area contributed by atoms with Crippen molar-refractivity contribution in [1.29, 1.82) is 0 Å². The minimum absolute atomic E-state index is 0.0532. The number of aromatic nitrogens is 2. The summed E-state index contributed by atoms with van der Waals surface area (Å²) < 4.78 is 5.06. The zero-order valence-corrected chi connectivity index (χ0v) is 15.6. The first-order valence-electron chi connectivity index (χ1n) is 8.72. The van der Waals surface area contributed by atoms with E-state index in [0.29, 0.717) is 37.5 Å². The van der Waals surface area contributed by atoms with Crippen LogP contribution >= 0.6 is 0 Å². The summed E-state index contributed by atoms with van der Waals surface area (Å²) in [4.78, 5) is 46.0. The summed E-state index contributed by atoms with van der Waals surface area (Å²) in [7, 11) is 0. The molecule has 7 heteroatoms. The molecule has 0 spiro atoms. The van der Waals surface area contributed by atoms with Crippen LogP contribution in [0.2, 0.25) is 0 Å². The quantitative estimate of drug-likeness (QED) is 0.840. The Morgan fingerprint density at radius 2 is 2.04 bits per heavy atom. The number of aromatic amines is 1. The average molecular weight is 349 g/mol. The molecule has 0 radical (unpaired) electrons.